The van der Waals surface area contributed by atoms with Crippen LogP contribution in [0.25, 0.3) is 11.3 Å². The highest BCUT2D eigenvalue weighted by molar-refractivity contribution is 6.31. The van der Waals surface area contributed by atoms with Gasteiger partial charge in [0.25, 0.3) is 0 Å². The van der Waals surface area contributed by atoms with E-state index in [4.69, 9.17) is 11.6 Å². The van der Waals surface area contributed by atoms with Crippen LogP contribution in [0.3, 0.4) is 0 Å². The van der Waals surface area contributed by atoms with Crippen molar-refractivity contribution in [3.63, 3.8) is 0 Å². The number of aromatic nitrogens is 2. The topological polar surface area (TPSA) is 58.1 Å². The number of hydrogen-bond acceptors (Lipinski definition) is 4. The molecule has 1 fully saturated rings. The average Bonchev–Trinajstić information content (AvgIpc) is 2.77. The Morgan fingerprint density at radius 2 is 1.97 bits per heavy atom. The lowest BCUT2D eigenvalue weighted by atomic mass is 9.97. The molecule has 0 bridgehead atoms. The smallest absolute Gasteiger partial charge is 0.229 e. The Kier molecular flexibility index (Phi) is 5.71. The van der Waals surface area contributed by atoms with Gasteiger partial charge in [-0.25, -0.2) is 14.4 Å². The third-order valence-electron chi connectivity index (χ3n) is 5.03. The first-order valence-electron chi connectivity index (χ1n) is 9.48. The van der Waals surface area contributed by atoms with Crippen LogP contribution in [0.1, 0.15) is 12.8 Å². The third-order valence-corrected chi connectivity index (χ3v) is 5.32. The fraction of sp³-hybridized carbons (Fsp3) is 0.227. The van der Waals surface area contributed by atoms with E-state index in [1.54, 1.807) is 6.33 Å². The van der Waals surface area contributed by atoms with E-state index in [1.165, 1.54) is 18.2 Å². The Morgan fingerprint density at radius 3 is 2.76 bits per heavy atom. The van der Waals surface area contributed by atoms with Gasteiger partial charge in [-0.3, -0.25) is 4.79 Å². The summed E-state index contributed by atoms with van der Waals surface area (Å²) in [5, 5.41) is 2.83. The van der Waals surface area contributed by atoms with Gasteiger partial charge >= 0.3 is 0 Å². The summed E-state index contributed by atoms with van der Waals surface area (Å²) >= 11 is 5.80. The van der Waals surface area contributed by atoms with E-state index >= 15 is 0 Å². The van der Waals surface area contributed by atoms with Crippen LogP contribution < -0.4 is 10.2 Å². The molecule has 1 amide bonds. The fourth-order valence-electron chi connectivity index (χ4n) is 3.50. The van der Waals surface area contributed by atoms with E-state index in [0.29, 0.717) is 12.2 Å². The van der Waals surface area contributed by atoms with E-state index in [-0.39, 0.29) is 16.8 Å². The number of benzene rings is 2. The monoisotopic (exact) mass is 410 g/mol. The first-order chi connectivity index (χ1) is 14.1. The van der Waals surface area contributed by atoms with Gasteiger partial charge in [0.15, 0.2) is 0 Å². The molecule has 5 nitrogen and oxygen atoms in total. The Balaban J connectivity index is 1.47. The Morgan fingerprint density at radius 1 is 1.14 bits per heavy atom. The van der Waals surface area contributed by atoms with Crippen molar-refractivity contribution in [2.75, 3.05) is 23.3 Å². The van der Waals surface area contributed by atoms with Crippen LogP contribution in [-0.2, 0) is 4.79 Å². The second-order valence-electron chi connectivity index (χ2n) is 7.03. The van der Waals surface area contributed by atoms with Gasteiger partial charge in [-0.15, -0.1) is 0 Å². The van der Waals surface area contributed by atoms with Gasteiger partial charge < -0.3 is 10.2 Å². The van der Waals surface area contributed by atoms with Crippen LogP contribution in [0.4, 0.5) is 15.9 Å². The van der Waals surface area contributed by atoms with Gasteiger partial charge in [-0.05, 0) is 31.0 Å². The van der Waals surface area contributed by atoms with Gasteiger partial charge in [-0.1, -0.05) is 41.9 Å². The molecule has 0 radical (unpaired) electrons. The number of hydrogen-bond donors (Lipinski definition) is 1. The SMILES string of the molecule is O=C(Nc1ccc(F)c(Cl)c1)C1CCCN(c2cc(-c3ccccc3)ncn2)C1. The summed E-state index contributed by atoms with van der Waals surface area (Å²) in [6.45, 7) is 1.39. The Labute approximate surface area is 173 Å². The minimum Gasteiger partial charge on any atom is -0.356 e. The van der Waals surface area contributed by atoms with Crippen LogP contribution in [0.15, 0.2) is 60.9 Å². The molecule has 0 spiro atoms. The molecule has 3 aromatic rings. The summed E-state index contributed by atoms with van der Waals surface area (Å²) in [7, 11) is 0. The maximum atomic E-state index is 13.3. The van der Waals surface area contributed by atoms with Gasteiger partial charge in [0.2, 0.25) is 5.91 Å². The summed E-state index contributed by atoms with van der Waals surface area (Å²) in [6, 6.07) is 16.1. The first-order valence-corrected chi connectivity index (χ1v) is 9.86. The predicted octanol–water partition coefficient (Wildman–Crippen LogP) is 4.79. The molecule has 0 aliphatic carbocycles. The lowest BCUT2D eigenvalue weighted by molar-refractivity contribution is -0.120. The molecule has 1 aliphatic rings. The van der Waals surface area contributed by atoms with Gasteiger partial charge in [0.1, 0.15) is 18.0 Å². The maximum Gasteiger partial charge on any atom is 0.229 e. The molecule has 29 heavy (non-hydrogen) atoms. The number of amides is 1. The second-order valence-corrected chi connectivity index (χ2v) is 7.44. The van der Waals surface area contributed by atoms with E-state index in [2.05, 4.69) is 20.2 Å². The number of halogens is 2. The number of anilines is 2. The highest BCUT2D eigenvalue weighted by Crippen LogP contribution is 2.26. The Bertz CT molecular complexity index is 1010. The fourth-order valence-corrected chi connectivity index (χ4v) is 3.68. The Hall–Kier alpha value is -2.99. The van der Waals surface area contributed by atoms with Crippen molar-refractivity contribution < 1.29 is 9.18 Å². The molecule has 1 aliphatic heterocycles. The quantitative estimate of drug-likeness (QED) is 0.671. The molecule has 1 aromatic heterocycles. The van der Waals surface area contributed by atoms with Gasteiger partial charge in [0, 0.05) is 30.4 Å². The number of carbonyl (C=O) groups excluding carboxylic acids is 1. The zero-order valence-corrected chi connectivity index (χ0v) is 16.4. The summed E-state index contributed by atoms with van der Waals surface area (Å²) in [5.74, 6) is 0.00472. The van der Waals surface area contributed by atoms with Crippen molar-refractivity contribution in [1.29, 1.82) is 0 Å². The summed E-state index contributed by atoms with van der Waals surface area (Å²) < 4.78 is 13.3. The molecule has 0 saturated carbocycles. The summed E-state index contributed by atoms with van der Waals surface area (Å²) in [6.07, 6.45) is 3.22. The van der Waals surface area contributed by atoms with E-state index in [0.717, 1.165) is 36.5 Å². The normalized spacial score (nSPS) is 16.5. The molecule has 2 heterocycles. The van der Waals surface area contributed by atoms with Gasteiger partial charge in [-0.2, -0.15) is 0 Å². The summed E-state index contributed by atoms with van der Waals surface area (Å²) in [4.78, 5) is 23.6. The largest absolute Gasteiger partial charge is 0.356 e. The van der Waals surface area contributed by atoms with Crippen LogP contribution in [-0.4, -0.2) is 29.0 Å². The summed E-state index contributed by atoms with van der Waals surface area (Å²) in [5.41, 5.74) is 2.37. The van der Waals surface area contributed by atoms with Crippen molar-refractivity contribution in [3.05, 3.63) is 71.8 Å². The van der Waals surface area contributed by atoms with Crippen LogP contribution >= 0.6 is 11.6 Å². The first kappa shape index (κ1) is 19.3. The van der Waals surface area contributed by atoms with Crippen molar-refractivity contribution in [2.24, 2.45) is 5.92 Å². The van der Waals surface area contributed by atoms with Crippen molar-refractivity contribution in [1.82, 2.24) is 9.97 Å². The lowest BCUT2D eigenvalue weighted by Gasteiger charge is -2.33. The minimum atomic E-state index is -0.508. The van der Waals surface area contributed by atoms with E-state index < -0.39 is 5.82 Å². The van der Waals surface area contributed by atoms with E-state index in [9.17, 15) is 9.18 Å². The molecular formula is C22H20ClFN4O. The highest BCUT2D eigenvalue weighted by Gasteiger charge is 2.27. The number of nitrogens with zero attached hydrogens (tertiary/aromatic N) is 3. The molecule has 7 heteroatoms. The number of carbonyl (C=O) groups is 1. The molecule has 148 valence electrons. The van der Waals surface area contributed by atoms with Crippen LogP contribution in [0.2, 0.25) is 5.02 Å². The standard InChI is InChI=1S/C22H20ClFN4O/c23-18-11-17(8-9-19(18)24)27-22(29)16-7-4-10-28(13-16)21-12-20(25-14-26-21)15-5-2-1-3-6-15/h1-3,5-6,8-9,11-12,14,16H,4,7,10,13H2,(H,27,29). The predicted molar refractivity (Wildman–Crippen MR) is 112 cm³/mol. The lowest BCUT2D eigenvalue weighted by Crippen LogP contribution is -2.41. The molecule has 1 N–H and O–H groups in total. The third kappa shape index (κ3) is 4.54. The number of nitrogens with one attached hydrogen (secondary N) is 1. The molecule has 1 saturated heterocycles. The highest BCUT2D eigenvalue weighted by atomic mass is 35.5. The average molecular weight is 411 g/mol. The van der Waals surface area contributed by atoms with Crippen LogP contribution in [0, 0.1) is 11.7 Å². The zero-order chi connectivity index (χ0) is 20.2. The number of rotatable bonds is 4. The number of piperidine rings is 1. The van der Waals surface area contributed by atoms with Crippen molar-refractivity contribution >= 4 is 29.0 Å². The molecular weight excluding hydrogens is 391 g/mol. The van der Waals surface area contributed by atoms with Gasteiger partial charge in [0.05, 0.1) is 16.6 Å². The molecule has 2 aromatic carbocycles. The minimum absolute atomic E-state index is 0.0116. The van der Waals surface area contributed by atoms with Crippen molar-refractivity contribution in [3.8, 4) is 11.3 Å². The van der Waals surface area contributed by atoms with E-state index in [1.807, 2.05) is 36.4 Å². The maximum absolute atomic E-state index is 13.3. The van der Waals surface area contributed by atoms with Crippen molar-refractivity contribution in [2.45, 2.75) is 12.8 Å². The zero-order valence-electron chi connectivity index (χ0n) is 15.7. The molecule has 4 rings (SSSR count). The second kappa shape index (κ2) is 8.57. The van der Waals surface area contributed by atoms with Crippen LogP contribution in [0.5, 0.6) is 0 Å². The molecule has 1 atom stereocenters. The molecule has 1 unspecified atom stereocenters.